The Morgan fingerprint density at radius 1 is 1.00 bits per heavy atom. The third kappa shape index (κ3) is 2.40. The van der Waals surface area contributed by atoms with Crippen molar-refractivity contribution in [2.75, 3.05) is 21.3 Å². The molecule has 0 radical (unpaired) electrons. The van der Waals surface area contributed by atoms with Crippen LogP contribution in [0, 0.1) is 6.92 Å². The Kier molecular flexibility index (Phi) is 4.18. The molecule has 2 aromatic carbocycles. The standard InChI is InChI=1S/C19H22O5/c1-10-13-9-14(20)11(2)18(23-5)19(13)24-17(10)12-6-7-15(21-3)16(8-12)22-4/h6-10,17,20H,1-5H3/t10-,17-/m0/s1. The highest BCUT2D eigenvalue weighted by molar-refractivity contribution is 5.61. The minimum absolute atomic E-state index is 0.0681. The molecule has 0 spiro atoms. The second kappa shape index (κ2) is 6.15. The average Bonchev–Trinajstić information content (AvgIpc) is 2.92. The van der Waals surface area contributed by atoms with Crippen LogP contribution in [-0.2, 0) is 0 Å². The lowest BCUT2D eigenvalue weighted by atomic mass is 9.92. The van der Waals surface area contributed by atoms with E-state index in [1.165, 1.54) is 0 Å². The van der Waals surface area contributed by atoms with E-state index in [1.807, 2.05) is 25.1 Å². The van der Waals surface area contributed by atoms with Crippen molar-refractivity contribution in [1.82, 2.24) is 0 Å². The molecule has 24 heavy (non-hydrogen) atoms. The summed E-state index contributed by atoms with van der Waals surface area (Å²) >= 11 is 0. The molecule has 0 bridgehead atoms. The van der Waals surface area contributed by atoms with Crippen molar-refractivity contribution < 1.29 is 24.1 Å². The number of aromatic hydroxyl groups is 1. The molecule has 2 atom stereocenters. The van der Waals surface area contributed by atoms with Crippen molar-refractivity contribution in [3.05, 3.63) is 41.0 Å². The van der Waals surface area contributed by atoms with E-state index in [-0.39, 0.29) is 17.8 Å². The molecule has 1 heterocycles. The predicted octanol–water partition coefficient (Wildman–Crippen LogP) is 3.96. The van der Waals surface area contributed by atoms with Crippen molar-refractivity contribution in [3.63, 3.8) is 0 Å². The van der Waals surface area contributed by atoms with Crippen LogP contribution in [0.3, 0.4) is 0 Å². The third-order valence-corrected chi connectivity index (χ3v) is 4.62. The summed E-state index contributed by atoms with van der Waals surface area (Å²) in [7, 11) is 4.80. The number of phenols is 1. The van der Waals surface area contributed by atoms with Gasteiger partial charge in [-0.05, 0) is 30.7 Å². The largest absolute Gasteiger partial charge is 0.508 e. The molecule has 0 aromatic heterocycles. The first-order chi connectivity index (χ1) is 11.5. The highest BCUT2D eigenvalue weighted by Crippen LogP contribution is 2.53. The maximum Gasteiger partial charge on any atom is 0.167 e. The number of methoxy groups -OCH3 is 3. The number of ether oxygens (including phenoxy) is 4. The Hall–Kier alpha value is -2.56. The van der Waals surface area contributed by atoms with Crippen molar-refractivity contribution >= 4 is 0 Å². The van der Waals surface area contributed by atoms with Gasteiger partial charge in [0, 0.05) is 17.0 Å². The topological polar surface area (TPSA) is 57.2 Å². The van der Waals surface area contributed by atoms with Crippen molar-refractivity contribution in [2.24, 2.45) is 0 Å². The zero-order valence-corrected chi connectivity index (χ0v) is 14.5. The van der Waals surface area contributed by atoms with Gasteiger partial charge in [0.05, 0.1) is 21.3 Å². The predicted molar refractivity (Wildman–Crippen MR) is 90.7 cm³/mol. The van der Waals surface area contributed by atoms with E-state index in [9.17, 15) is 5.11 Å². The normalized spacial score (nSPS) is 18.7. The summed E-state index contributed by atoms with van der Waals surface area (Å²) in [6, 6.07) is 7.52. The Morgan fingerprint density at radius 2 is 1.71 bits per heavy atom. The number of hydrogen-bond donors (Lipinski definition) is 1. The van der Waals surface area contributed by atoms with Gasteiger partial charge in [0.15, 0.2) is 23.0 Å². The van der Waals surface area contributed by atoms with Gasteiger partial charge < -0.3 is 24.1 Å². The molecule has 0 unspecified atom stereocenters. The lowest BCUT2D eigenvalue weighted by Crippen LogP contribution is -2.07. The average molecular weight is 330 g/mol. The maximum atomic E-state index is 10.1. The maximum absolute atomic E-state index is 10.1. The smallest absolute Gasteiger partial charge is 0.167 e. The van der Waals surface area contributed by atoms with Gasteiger partial charge in [-0.1, -0.05) is 13.0 Å². The zero-order chi connectivity index (χ0) is 17.4. The van der Waals surface area contributed by atoms with Gasteiger partial charge in [-0.2, -0.15) is 0 Å². The minimum Gasteiger partial charge on any atom is -0.508 e. The Balaban J connectivity index is 2.04. The minimum atomic E-state index is -0.185. The van der Waals surface area contributed by atoms with E-state index in [0.29, 0.717) is 28.6 Å². The summed E-state index contributed by atoms with van der Waals surface area (Å²) in [5, 5.41) is 10.1. The molecule has 128 valence electrons. The van der Waals surface area contributed by atoms with Crippen LogP contribution in [-0.4, -0.2) is 26.4 Å². The number of fused-ring (bicyclic) bond motifs is 1. The van der Waals surface area contributed by atoms with Crippen LogP contribution in [0.25, 0.3) is 0 Å². The quantitative estimate of drug-likeness (QED) is 0.919. The summed E-state index contributed by atoms with van der Waals surface area (Å²) in [6.45, 7) is 3.88. The van der Waals surface area contributed by atoms with Crippen LogP contribution < -0.4 is 18.9 Å². The number of phenolic OH excluding ortho intramolecular Hbond substituents is 1. The Labute approximate surface area is 141 Å². The van der Waals surface area contributed by atoms with Crippen LogP contribution in [0.2, 0.25) is 0 Å². The third-order valence-electron chi connectivity index (χ3n) is 4.62. The fourth-order valence-corrected chi connectivity index (χ4v) is 3.22. The van der Waals surface area contributed by atoms with Crippen LogP contribution in [0.1, 0.15) is 35.6 Å². The fourth-order valence-electron chi connectivity index (χ4n) is 3.22. The first-order valence-electron chi connectivity index (χ1n) is 7.80. The second-order valence-corrected chi connectivity index (χ2v) is 5.91. The van der Waals surface area contributed by atoms with Crippen molar-refractivity contribution in [2.45, 2.75) is 25.9 Å². The zero-order valence-electron chi connectivity index (χ0n) is 14.5. The molecule has 3 rings (SSSR count). The van der Waals surface area contributed by atoms with Gasteiger partial charge in [0.25, 0.3) is 0 Å². The number of hydrogen-bond acceptors (Lipinski definition) is 5. The lowest BCUT2D eigenvalue weighted by Gasteiger charge is -2.18. The van der Waals surface area contributed by atoms with E-state index in [2.05, 4.69) is 6.92 Å². The van der Waals surface area contributed by atoms with Crippen LogP contribution in [0.4, 0.5) is 0 Å². The van der Waals surface area contributed by atoms with Crippen molar-refractivity contribution in [3.8, 4) is 28.7 Å². The van der Waals surface area contributed by atoms with Gasteiger partial charge >= 0.3 is 0 Å². The summed E-state index contributed by atoms with van der Waals surface area (Å²) in [6.07, 6.45) is -0.185. The first-order valence-corrected chi connectivity index (χ1v) is 7.80. The van der Waals surface area contributed by atoms with E-state index in [4.69, 9.17) is 18.9 Å². The highest BCUT2D eigenvalue weighted by Gasteiger charge is 2.36. The summed E-state index contributed by atoms with van der Waals surface area (Å²) in [5.41, 5.74) is 2.60. The molecule has 1 aliphatic heterocycles. The van der Waals surface area contributed by atoms with Crippen molar-refractivity contribution in [1.29, 1.82) is 0 Å². The molecule has 1 N–H and O–H groups in total. The highest BCUT2D eigenvalue weighted by atomic mass is 16.5. The Bertz CT molecular complexity index is 769. The first kappa shape index (κ1) is 16.3. The molecule has 5 heteroatoms. The van der Waals surface area contributed by atoms with Gasteiger partial charge in [0.1, 0.15) is 11.9 Å². The van der Waals surface area contributed by atoms with E-state index < -0.39 is 0 Å². The SMILES string of the molecule is COc1ccc([C@H]2Oc3c(cc(O)c(C)c3OC)[C@@H]2C)cc1OC. The molecular formula is C19H22O5. The second-order valence-electron chi connectivity index (χ2n) is 5.91. The summed E-state index contributed by atoms with van der Waals surface area (Å²) in [4.78, 5) is 0. The molecule has 5 nitrogen and oxygen atoms in total. The number of benzene rings is 2. The van der Waals surface area contributed by atoms with Crippen LogP contribution in [0.15, 0.2) is 24.3 Å². The van der Waals surface area contributed by atoms with Gasteiger partial charge in [-0.3, -0.25) is 0 Å². The van der Waals surface area contributed by atoms with Crippen LogP contribution in [0.5, 0.6) is 28.7 Å². The molecule has 2 aromatic rings. The lowest BCUT2D eigenvalue weighted by molar-refractivity contribution is 0.207. The molecule has 0 fully saturated rings. The van der Waals surface area contributed by atoms with Gasteiger partial charge in [-0.15, -0.1) is 0 Å². The van der Waals surface area contributed by atoms with E-state index in [0.717, 1.165) is 11.1 Å². The van der Waals surface area contributed by atoms with Gasteiger partial charge in [0.2, 0.25) is 0 Å². The Morgan fingerprint density at radius 3 is 2.33 bits per heavy atom. The monoisotopic (exact) mass is 330 g/mol. The molecular weight excluding hydrogens is 308 g/mol. The summed E-state index contributed by atoms with van der Waals surface area (Å²) < 4.78 is 22.3. The van der Waals surface area contributed by atoms with E-state index in [1.54, 1.807) is 27.4 Å². The van der Waals surface area contributed by atoms with Gasteiger partial charge in [-0.25, -0.2) is 0 Å². The number of rotatable bonds is 4. The molecule has 0 aliphatic carbocycles. The van der Waals surface area contributed by atoms with E-state index >= 15 is 0 Å². The fraction of sp³-hybridized carbons (Fsp3) is 0.368. The molecule has 0 amide bonds. The van der Waals surface area contributed by atoms with Crippen LogP contribution >= 0.6 is 0 Å². The summed E-state index contributed by atoms with van der Waals surface area (Å²) in [5.74, 6) is 2.90. The molecule has 0 saturated carbocycles. The molecule has 1 aliphatic rings. The molecule has 0 saturated heterocycles.